The number of carbonyl (C=O) groups is 2. The summed E-state index contributed by atoms with van der Waals surface area (Å²) < 4.78 is 5.41. The number of rotatable bonds is 5. The Hall–Kier alpha value is -2.11. The molecule has 1 aromatic heterocycles. The number of anilines is 1. The summed E-state index contributed by atoms with van der Waals surface area (Å²) in [7, 11) is 0. The fourth-order valence-electron chi connectivity index (χ4n) is 3.07. The highest BCUT2D eigenvalue weighted by Crippen LogP contribution is 2.38. The number of aryl methyl sites for hydroxylation is 1. The van der Waals surface area contributed by atoms with Crippen LogP contribution in [0.5, 0.6) is 0 Å². The number of carbonyl (C=O) groups excluding carboxylic acids is 2. The molecule has 1 heterocycles. The lowest BCUT2D eigenvalue weighted by Crippen LogP contribution is -2.17. The molecule has 0 fully saturated rings. The Morgan fingerprint density at radius 1 is 1.22 bits per heavy atom. The van der Waals surface area contributed by atoms with Gasteiger partial charge in [-0.05, 0) is 62.8 Å². The predicted molar refractivity (Wildman–Crippen MR) is 111 cm³/mol. The Morgan fingerprint density at radius 2 is 1.96 bits per heavy atom. The third kappa shape index (κ3) is 4.79. The van der Waals surface area contributed by atoms with Crippen LogP contribution in [0.2, 0.25) is 5.02 Å². The smallest absolute Gasteiger partial charge is 0.341 e. The molecule has 142 valence electrons. The summed E-state index contributed by atoms with van der Waals surface area (Å²) >= 11 is 7.59. The van der Waals surface area contributed by atoms with Crippen LogP contribution in [0.15, 0.2) is 30.3 Å². The van der Waals surface area contributed by atoms with Crippen molar-refractivity contribution in [3.63, 3.8) is 0 Å². The van der Waals surface area contributed by atoms with Gasteiger partial charge in [-0.15, -0.1) is 11.3 Å². The molecule has 0 saturated heterocycles. The number of ether oxygens (including phenoxy) is 1. The van der Waals surface area contributed by atoms with E-state index in [0.29, 0.717) is 15.6 Å². The minimum absolute atomic E-state index is 0.208. The predicted octanol–water partition coefficient (Wildman–Crippen LogP) is 5.50. The van der Waals surface area contributed by atoms with Crippen LogP contribution in [0.25, 0.3) is 6.08 Å². The summed E-state index contributed by atoms with van der Waals surface area (Å²) in [5.41, 5.74) is 2.31. The Labute approximate surface area is 168 Å². The van der Waals surface area contributed by atoms with Gasteiger partial charge in [-0.2, -0.15) is 0 Å². The molecule has 0 radical (unpaired) electrons. The highest BCUT2D eigenvalue weighted by atomic mass is 35.5. The van der Waals surface area contributed by atoms with E-state index >= 15 is 0 Å². The van der Waals surface area contributed by atoms with Crippen molar-refractivity contribution >= 4 is 45.9 Å². The molecule has 1 N–H and O–H groups in total. The summed E-state index contributed by atoms with van der Waals surface area (Å²) in [6.07, 6.45) is 6.82. The summed E-state index contributed by atoms with van der Waals surface area (Å²) in [6, 6.07) is 7.30. The molecule has 0 aliphatic heterocycles. The van der Waals surface area contributed by atoms with E-state index in [1.54, 1.807) is 12.1 Å². The molecule has 0 bridgehead atoms. The van der Waals surface area contributed by atoms with Gasteiger partial charge in [0.1, 0.15) is 5.00 Å². The van der Waals surface area contributed by atoms with Gasteiger partial charge >= 0.3 is 5.97 Å². The van der Waals surface area contributed by atoms with E-state index in [-0.39, 0.29) is 18.0 Å². The fourth-order valence-corrected chi connectivity index (χ4v) is 4.55. The van der Waals surface area contributed by atoms with Crippen molar-refractivity contribution in [3.8, 4) is 0 Å². The number of amides is 1. The molecule has 6 heteroatoms. The number of fused-ring (bicyclic) bond motifs is 1. The van der Waals surface area contributed by atoms with Crippen LogP contribution in [0.3, 0.4) is 0 Å². The second-order valence-corrected chi connectivity index (χ2v) is 8.23. The molecular weight excluding hydrogens is 382 g/mol. The maximum atomic E-state index is 12.6. The second-order valence-electron chi connectivity index (χ2n) is 6.71. The van der Waals surface area contributed by atoms with Crippen molar-refractivity contribution in [2.24, 2.45) is 0 Å². The number of halogens is 1. The quantitative estimate of drug-likeness (QED) is 0.530. The maximum Gasteiger partial charge on any atom is 0.341 e. The van der Waals surface area contributed by atoms with E-state index in [4.69, 9.17) is 16.3 Å². The fraction of sp³-hybridized carbons (Fsp3) is 0.333. The lowest BCUT2D eigenvalue weighted by molar-refractivity contribution is -0.111. The lowest BCUT2D eigenvalue weighted by atomic mass is 9.95. The molecule has 1 aliphatic carbocycles. The van der Waals surface area contributed by atoms with Gasteiger partial charge in [0.25, 0.3) is 0 Å². The maximum absolute atomic E-state index is 12.6. The molecule has 1 aliphatic rings. The van der Waals surface area contributed by atoms with Gasteiger partial charge in [0.05, 0.1) is 11.7 Å². The first-order valence-electron chi connectivity index (χ1n) is 9.05. The topological polar surface area (TPSA) is 55.4 Å². The highest BCUT2D eigenvalue weighted by Gasteiger charge is 2.27. The number of hydrogen-bond acceptors (Lipinski definition) is 4. The highest BCUT2D eigenvalue weighted by molar-refractivity contribution is 7.17. The van der Waals surface area contributed by atoms with Gasteiger partial charge in [0, 0.05) is 16.0 Å². The van der Waals surface area contributed by atoms with Crippen LogP contribution in [0, 0.1) is 0 Å². The van der Waals surface area contributed by atoms with Crippen LogP contribution in [0.4, 0.5) is 5.00 Å². The zero-order valence-corrected chi connectivity index (χ0v) is 17.0. The normalized spacial score (nSPS) is 13.6. The second kappa shape index (κ2) is 8.72. The van der Waals surface area contributed by atoms with Crippen molar-refractivity contribution in [2.75, 3.05) is 5.32 Å². The largest absolute Gasteiger partial charge is 0.459 e. The van der Waals surface area contributed by atoms with E-state index < -0.39 is 0 Å². The first kappa shape index (κ1) is 19.6. The van der Waals surface area contributed by atoms with Gasteiger partial charge in [0.15, 0.2) is 0 Å². The monoisotopic (exact) mass is 403 g/mol. The standard InChI is InChI=1S/C21H22ClNO3S/c1-13(2)26-21(25)19-15-8-4-6-10-17(15)27-20(19)23-18(24)12-11-14-7-3-5-9-16(14)22/h3,5,7,9,11-13H,4,6,8,10H2,1-2H3,(H,23,24)/b12-11+. The van der Waals surface area contributed by atoms with Crippen LogP contribution in [0.1, 0.15) is 53.1 Å². The lowest BCUT2D eigenvalue weighted by Gasteiger charge is -2.14. The first-order valence-corrected chi connectivity index (χ1v) is 10.2. The average Bonchev–Trinajstić information content (AvgIpc) is 2.98. The molecule has 1 aromatic carbocycles. The number of thiophene rings is 1. The summed E-state index contributed by atoms with van der Waals surface area (Å²) in [6.45, 7) is 3.64. The van der Waals surface area contributed by atoms with Crippen LogP contribution in [-0.2, 0) is 22.4 Å². The molecule has 1 amide bonds. The molecular formula is C21H22ClNO3S. The van der Waals surface area contributed by atoms with Crippen LogP contribution < -0.4 is 5.32 Å². The molecule has 27 heavy (non-hydrogen) atoms. The van der Waals surface area contributed by atoms with Gasteiger partial charge in [0.2, 0.25) is 5.91 Å². The Bertz CT molecular complexity index is 886. The molecule has 3 rings (SSSR count). The third-order valence-corrected chi connectivity index (χ3v) is 5.83. The summed E-state index contributed by atoms with van der Waals surface area (Å²) in [5.74, 6) is -0.665. The van der Waals surface area contributed by atoms with Gasteiger partial charge in [-0.1, -0.05) is 29.8 Å². The van der Waals surface area contributed by atoms with Crippen molar-refractivity contribution in [1.82, 2.24) is 0 Å². The van der Waals surface area contributed by atoms with E-state index in [9.17, 15) is 9.59 Å². The van der Waals surface area contributed by atoms with E-state index in [1.807, 2.05) is 32.0 Å². The van der Waals surface area contributed by atoms with Crippen molar-refractivity contribution < 1.29 is 14.3 Å². The van der Waals surface area contributed by atoms with Gasteiger partial charge in [-0.25, -0.2) is 4.79 Å². The van der Waals surface area contributed by atoms with Crippen molar-refractivity contribution in [2.45, 2.75) is 45.6 Å². The molecule has 0 spiro atoms. The van der Waals surface area contributed by atoms with E-state index in [1.165, 1.54) is 22.3 Å². The molecule has 2 aromatic rings. The minimum atomic E-state index is -0.366. The SMILES string of the molecule is CC(C)OC(=O)c1c(NC(=O)/C=C/c2ccccc2Cl)sc2c1CCCC2. The van der Waals surface area contributed by atoms with Crippen molar-refractivity contribution in [3.05, 3.63) is 56.9 Å². The number of hydrogen-bond donors (Lipinski definition) is 1. The molecule has 0 atom stereocenters. The molecule has 0 saturated carbocycles. The first-order chi connectivity index (χ1) is 13.0. The van der Waals surface area contributed by atoms with Crippen LogP contribution in [-0.4, -0.2) is 18.0 Å². The Kier molecular flexibility index (Phi) is 6.34. The zero-order valence-electron chi connectivity index (χ0n) is 15.4. The summed E-state index contributed by atoms with van der Waals surface area (Å²) in [5, 5.41) is 4.01. The zero-order chi connectivity index (χ0) is 19.4. The number of benzene rings is 1. The van der Waals surface area contributed by atoms with Crippen molar-refractivity contribution in [1.29, 1.82) is 0 Å². The van der Waals surface area contributed by atoms with E-state index in [0.717, 1.165) is 36.8 Å². The summed E-state index contributed by atoms with van der Waals surface area (Å²) in [4.78, 5) is 26.2. The third-order valence-electron chi connectivity index (χ3n) is 4.27. The van der Waals surface area contributed by atoms with Gasteiger partial charge in [-0.3, -0.25) is 4.79 Å². The average molecular weight is 404 g/mol. The Balaban J connectivity index is 1.83. The number of nitrogens with one attached hydrogen (secondary N) is 1. The van der Waals surface area contributed by atoms with E-state index in [2.05, 4.69) is 5.32 Å². The molecule has 0 unspecified atom stereocenters. The molecule has 4 nitrogen and oxygen atoms in total. The van der Waals surface area contributed by atoms with Crippen LogP contribution >= 0.6 is 22.9 Å². The van der Waals surface area contributed by atoms with Gasteiger partial charge < -0.3 is 10.1 Å². The number of esters is 1. The minimum Gasteiger partial charge on any atom is -0.459 e. The Morgan fingerprint density at radius 3 is 2.70 bits per heavy atom.